The van der Waals surface area contributed by atoms with Crippen LogP contribution in [-0.4, -0.2) is 40.1 Å². The average Bonchev–Trinajstić information content (AvgIpc) is 3.48. The molecule has 0 spiro atoms. The molecule has 2 atom stereocenters. The van der Waals surface area contributed by atoms with Crippen molar-refractivity contribution in [3.05, 3.63) is 94.8 Å². The Labute approximate surface area is 224 Å². The highest BCUT2D eigenvalue weighted by molar-refractivity contribution is 8.15. The number of benzene rings is 3. The van der Waals surface area contributed by atoms with Gasteiger partial charge < -0.3 is 10.1 Å². The fourth-order valence-electron chi connectivity index (χ4n) is 4.62. The van der Waals surface area contributed by atoms with E-state index in [1.54, 1.807) is 24.3 Å². The second kappa shape index (κ2) is 10.8. The lowest BCUT2D eigenvalue weighted by Gasteiger charge is -2.23. The van der Waals surface area contributed by atoms with E-state index in [0.29, 0.717) is 17.3 Å². The molecule has 0 aromatic heterocycles. The molecule has 0 saturated carbocycles. The number of hydrogen-bond acceptors (Lipinski definition) is 6. The Morgan fingerprint density at radius 2 is 1.76 bits per heavy atom. The van der Waals surface area contributed by atoms with Crippen molar-refractivity contribution in [1.29, 1.82) is 0 Å². The summed E-state index contributed by atoms with van der Waals surface area (Å²) in [4.78, 5) is 29.9. The number of hydrazone groups is 1. The lowest BCUT2D eigenvalue weighted by atomic mass is 9.98. The molecule has 0 unspecified atom stereocenters. The number of amides is 2. The molecule has 5 rings (SSSR count). The van der Waals surface area contributed by atoms with Crippen molar-refractivity contribution >= 4 is 40.1 Å². The fourth-order valence-corrected chi connectivity index (χ4v) is 5.68. The molecule has 2 heterocycles. The summed E-state index contributed by atoms with van der Waals surface area (Å²) in [5.74, 6) is -0.211. The summed E-state index contributed by atoms with van der Waals surface area (Å²) in [5.41, 5.74) is 5.37. The first-order valence-corrected chi connectivity index (χ1v) is 13.1. The van der Waals surface area contributed by atoms with Gasteiger partial charge in [-0.25, -0.2) is 9.40 Å². The topological polar surface area (TPSA) is 83.4 Å². The summed E-state index contributed by atoms with van der Waals surface area (Å²) in [6, 6.07) is 19.4. The molecule has 0 aliphatic carbocycles. The first kappa shape index (κ1) is 25.7. The van der Waals surface area contributed by atoms with Gasteiger partial charge in [-0.15, -0.1) is 0 Å². The number of thioether (sulfide) groups is 1. The highest BCUT2D eigenvalue weighted by atomic mass is 32.2. The number of anilines is 1. The van der Waals surface area contributed by atoms with E-state index in [2.05, 4.69) is 10.3 Å². The summed E-state index contributed by atoms with van der Waals surface area (Å²) in [6.07, 6.45) is 0.539. The molecule has 194 valence electrons. The number of carbonyl (C=O) groups is 2. The maximum atomic E-state index is 13.6. The van der Waals surface area contributed by atoms with Crippen molar-refractivity contribution in [2.45, 2.75) is 38.0 Å². The van der Waals surface area contributed by atoms with Gasteiger partial charge in [0, 0.05) is 18.5 Å². The molecule has 3 aromatic carbocycles. The Bertz CT molecular complexity index is 1420. The quantitative estimate of drug-likeness (QED) is 0.447. The van der Waals surface area contributed by atoms with E-state index in [1.165, 1.54) is 23.9 Å². The molecule has 0 saturated heterocycles. The second-order valence-corrected chi connectivity index (χ2v) is 10.5. The summed E-state index contributed by atoms with van der Waals surface area (Å²) >= 11 is 1.23. The maximum Gasteiger partial charge on any atom is 0.262 e. The van der Waals surface area contributed by atoms with Crippen LogP contribution in [0.25, 0.3) is 0 Å². The third-order valence-corrected chi connectivity index (χ3v) is 7.53. The molecule has 0 bridgehead atoms. The molecule has 0 radical (unpaired) electrons. The minimum Gasteiger partial charge on any atom is -0.497 e. The van der Waals surface area contributed by atoms with Crippen molar-refractivity contribution in [1.82, 2.24) is 5.01 Å². The maximum absolute atomic E-state index is 13.6. The number of nitrogens with zero attached hydrogens (tertiary/aromatic N) is 3. The first-order valence-electron chi connectivity index (χ1n) is 12.2. The molecule has 0 fully saturated rings. The lowest BCUT2D eigenvalue weighted by molar-refractivity contribution is -0.121. The van der Waals surface area contributed by atoms with Gasteiger partial charge in [0.25, 0.3) is 5.91 Å². The van der Waals surface area contributed by atoms with Gasteiger partial charge in [0.2, 0.25) is 5.91 Å². The zero-order valence-electron chi connectivity index (χ0n) is 21.3. The fraction of sp³-hybridized carbons (Fsp3) is 0.241. The Morgan fingerprint density at radius 1 is 1.08 bits per heavy atom. The number of carbonyl (C=O) groups excluding carboxylic acids is 2. The molecular formula is C29H27FN4O3S. The van der Waals surface area contributed by atoms with Crippen LogP contribution in [0.4, 0.5) is 10.1 Å². The van der Waals surface area contributed by atoms with E-state index < -0.39 is 5.25 Å². The van der Waals surface area contributed by atoms with Crippen LogP contribution in [0, 0.1) is 19.7 Å². The van der Waals surface area contributed by atoms with Crippen molar-refractivity contribution < 1.29 is 18.7 Å². The van der Waals surface area contributed by atoms with E-state index in [-0.39, 0.29) is 30.1 Å². The smallest absolute Gasteiger partial charge is 0.262 e. The van der Waals surface area contributed by atoms with Crippen LogP contribution >= 0.6 is 11.8 Å². The van der Waals surface area contributed by atoms with E-state index in [9.17, 15) is 14.0 Å². The number of halogens is 1. The van der Waals surface area contributed by atoms with Crippen LogP contribution in [-0.2, 0) is 9.59 Å². The zero-order valence-corrected chi connectivity index (χ0v) is 22.1. The van der Waals surface area contributed by atoms with Crippen LogP contribution in [0.2, 0.25) is 0 Å². The van der Waals surface area contributed by atoms with Crippen molar-refractivity contribution in [3.8, 4) is 5.75 Å². The number of amidine groups is 1. The van der Waals surface area contributed by atoms with Crippen LogP contribution in [0.5, 0.6) is 5.75 Å². The summed E-state index contributed by atoms with van der Waals surface area (Å²) < 4.78 is 18.9. The largest absolute Gasteiger partial charge is 0.497 e. The summed E-state index contributed by atoms with van der Waals surface area (Å²) in [5, 5.41) is 9.21. The predicted octanol–water partition coefficient (Wildman–Crippen LogP) is 5.63. The molecule has 2 aliphatic heterocycles. The number of nitrogens with one attached hydrogen (secondary N) is 1. The third kappa shape index (κ3) is 5.62. The Kier molecular flexibility index (Phi) is 7.28. The molecule has 7 nitrogen and oxygen atoms in total. The molecule has 2 amide bonds. The van der Waals surface area contributed by atoms with Crippen LogP contribution < -0.4 is 10.1 Å². The van der Waals surface area contributed by atoms with Crippen LogP contribution in [0.1, 0.15) is 41.1 Å². The Balaban J connectivity index is 1.35. The molecule has 9 heteroatoms. The third-order valence-electron chi connectivity index (χ3n) is 6.39. The number of aliphatic imine (C=N–C) groups is 1. The number of aryl methyl sites for hydroxylation is 2. The molecule has 2 aliphatic rings. The number of rotatable bonds is 6. The number of hydrogen-bond donors (Lipinski definition) is 1. The first-order chi connectivity index (χ1) is 18.3. The predicted molar refractivity (Wildman–Crippen MR) is 148 cm³/mol. The SMILES string of the molecule is COc1ccc(C2=NN(C3=NC(=O)[C@@H](CC(=O)Nc4cc(C)cc(C)c4)S3)[C@H](c3ccc(F)cc3)C2)cc1. The molecule has 1 N–H and O–H groups in total. The number of ether oxygens (including phenoxy) is 1. The van der Waals surface area contributed by atoms with Gasteiger partial charge in [0.15, 0.2) is 5.17 Å². The van der Waals surface area contributed by atoms with Gasteiger partial charge in [-0.3, -0.25) is 9.59 Å². The van der Waals surface area contributed by atoms with Crippen molar-refractivity contribution in [2.75, 3.05) is 12.4 Å². The highest BCUT2D eigenvalue weighted by Crippen LogP contribution is 2.39. The Morgan fingerprint density at radius 3 is 2.42 bits per heavy atom. The second-order valence-electron chi connectivity index (χ2n) is 9.36. The zero-order chi connectivity index (χ0) is 26.8. The molecule has 3 aromatic rings. The van der Waals surface area contributed by atoms with Gasteiger partial charge in [0.1, 0.15) is 16.8 Å². The van der Waals surface area contributed by atoms with Crippen LogP contribution in [0.3, 0.4) is 0 Å². The van der Waals surface area contributed by atoms with E-state index in [1.807, 2.05) is 56.3 Å². The lowest BCUT2D eigenvalue weighted by Crippen LogP contribution is -2.25. The average molecular weight is 531 g/mol. The van der Waals surface area contributed by atoms with Gasteiger partial charge >= 0.3 is 0 Å². The van der Waals surface area contributed by atoms with Gasteiger partial charge in [-0.2, -0.15) is 10.1 Å². The van der Waals surface area contributed by atoms with Crippen molar-refractivity contribution in [2.24, 2.45) is 10.1 Å². The van der Waals surface area contributed by atoms with E-state index >= 15 is 0 Å². The minimum absolute atomic E-state index is 0.00635. The molecular weight excluding hydrogens is 503 g/mol. The van der Waals surface area contributed by atoms with E-state index in [0.717, 1.165) is 33.7 Å². The normalized spacial score (nSPS) is 18.8. The monoisotopic (exact) mass is 530 g/mol. The number of methoxy groups -OCH3 is 1. The van der Waals surface area contributed by atoms with Crippen molar-refractivity contribution in [3.63, 3.8) is 0 Å². The van der Waals surface area contributed by atoms with Gasteiger partial charge in [0.05, 0.1) is 18.9 Å². The van der Waals surface area contributed by atoms with Crippen LogP contribution in [0.15, 0.2) is 76.8 Å². The summed E-state index contributed by atoms with van der Waals surface area (Å²) in [7, 11) is 1.61. The summed E-state index contributed by atoms with van der Waals surface area (Å²) in [6.45, 7) is 3.93. The minimum atomic E-state index is -0.648. The van der Waals surface area contributed by atoms with Gasteiger partial charge in [-0.05, 0) is 84.6 Å². The Hall–Kier alpha value is -3.98. The standard InChI is InChI=1S/C29H27FN4O3S/c1-17-12-18(2)14-22(13-17)31-27(35)16-26-28(36)32-29(38-26)34-25(20-4-8-21(30)9-5-20)15-24(33-34)19-6-10-23(37-3)11-7-19/h4-14,25-26H,15-16H2,1-3H3,(H,31,35)/t25-,26+/m0/s1. The highest BCUT2D eigenvalue weighted by Gasteiger charge is 2.39. The van der Waals surface area contributed by atoms with E-state index in [4.69, 9.17) is 9.84 Å². The van der Waals surface area contributed by atoms with Gasteiger partial charge in [-0.1, -0.05) is 30.0 Å². The molecule has 38 heavy (non-hydrogen) atoms.